The number of H-pyrrole nitrogens is 1. The standard InChI is InChI=1S/C25H22N4O5/c1-3-20(30)26-16-9-15(8-13-4-6-14(7-5-13)24(32)33)21-18(10-16)27-19-12-29-11-17(22(19)21)23(31)28(2)25(29)34/h3-7,9-10,17,27H,1,8,11-12H2,2H3,(H,26,30)(H,32,33). The molecular formula is C25H22N4O5. The fraction of sp³-hybridized carbons (Fsp3) is 0.200. The molecule has 0 spiro atoms. The molecule has 1 saturated heterocycles. The zero-order valence-electron chi connectivity index (χ0n) is 18.4. The van der Waals surface area contributed by atoms with Crippen LogP contribution >= 0.6 is 0 Å². The summed E-state index contributed by atoms with van der Waals surface area (Å²) in [7, 11) is 1.50. The number of aromatic nitrogens is 1. The molecule has 9 heteroatoms. The number of anilines is 1. The minimum absolute atomic E-state index is 0.195. The lowest BCUT2D eigenvalue weighted by Gasteiger charge is -2.40. The van der Waals surface area contributed by atoms with Gasteiger partial charge in [0.15, 0.2) is 0 Å². The summed E-state index contributed by atoms with van der Waals surface area (Å²) in [5, 5.41) is 12.9. The van der Waals surface area contributed by atoms with Gasteiger partial charge in [-0.05, 0) is 53.5 Å². The van der Waals surface area contributed by atoms with E-state index in [-0.39, 0.29) is 23.4 Å². The van der Waals surface area contributed by atoms with Crippen LogP contribution < -0.4 is 5.32 Å². The van der Waals surface area contributed by atoms with E-state index < -0.39 is 11.9 Å². The minimum Gasteiger partial charge on any atom is -0.478 e. The number of likely N-dealkylation sites (N-methyl/N-ethyl adjacent to an activating group) is 1. The number of aromatic carboxylic acids is 1. The molecule has 3 N–H and O–H groups in total. The van der Waals surface area contributed by atoms with Crippen LogP contribution in [0.25, 0.3) is 10.9 Å². The molecule has 0 radical (unpaired) electrons. The Morgan fingerprint density at radius 1 is 1.24 bits per heavy atom. The molecule has 5 rings (SSSR count). The average Bonchev–Trinajstić information content (AvgIpc) is 3.19. The first kappa shape index (κ1) is 21.4. The molecule has 172 valence electrons. The van der Waals surface area contributed by atoms with E-state index in [9.17, 15) is 24.3 Å². The summed E-state index contributed by atoms with van der Waals surface area (Å²) in [6.07, 6.45) is 1.64. The highest BCUT2D eigenvalue weighted by Crippen LogP contribution is 2.41. The number of nitrogens with zero attached hydrogens (tertiary/aromatic N) is 2. The molecule has 2 aromatic carbocycles. The van der Waals surface area contributed by atoms with E-state index in [0.29, 0.717) is 25.2 Å². The molecule has 2 aliphatic rings. The highest BCUT2D eigenvalue weighted by molar-refractivity contribution is 6.06. The summed E-state index contributed by atoms with van der Waals surface area (Å²) in [4.78, 5) is 54.8. The van der Waals surface area contributed by atoms with Crippen molar-refractivity contribution in [1.82, 2.24) is 14.8 Å². The highest BCUT2D eigenvalue weighted by Gasteiger charge is 2.44. The monoisotopic (exact) mass is 458 g/mol. The number of benzene rings is 2. The molecule has 1 fully saturated rings. The Kier molecular flexibility index (Phi) is 4.97. The Balaban J connectivity index is 1.66. The number of fused-ring (bicyclic) bond motifs is 6. The van der Waals surface area contributed by atoms with Crippen LogP contribution in [0.3, 0.4) is 0 Å². The Hall–Kier alpha value is -4.40. The van der Waals surface area contributed by atoms with Crippen molar-refractivity contribution in [3.8, 4) is 0 Å². The number of aromatic amines is 1. The van der Waals surface area contributed by atoms with Gasteiger partial charge in [0.05, 0.1) is 18.0 Å². The summed E-state index contributed by atoms with van der Waals surface area (Å²) >= 11 is 0. The SMILES string of the molecule is C=CC(=O)Nc1cc(Cc2ccc(C(=O)O)cc2)c2c3c([nH]c2c1)CN1CC3C(=O)N(C)C1=O. The third kappa shape index (κ3) is 3.42. The van der Waals surface area contributed by atoms with E-state index >= 15 is 0 Å². The van der Waals surface area contributed by atoms with E-state index in [2.05, 4.69) is 16.9 Å². The zero-order valence-corrected chi connectivity index (χ0v) is 18.4. The Morgan fingerprint density at radius 3 is 2.65 bits per heavy atom. The summed E-state index contributed by atoms with van der Waals surface area (Å²) in [5.74, 6) is -2.08. The number of amides is 4. The van der Waals surface area contributed by atoms with Gasteiger partial charge >= 0.3 is 12.0 Å². The summed E-state index contributed by atoms with van der Waals surface area (Å²) in [6, 6.07) is 9.95. The van der Waals surface area contributed by atoms with E-state index in [1.54, 1.807) is 35.2 Å². The van der Waals surface area contributed by atoms with Gasteiger partial charge in [-0.3, -0.25) is 14.5 Å². The van der Waals surface area contributed by atoms with Gasteiger partial charge < -0.3 is 20.3 Å². The number of carboxylic acids is 1. The molecule has 2 bridgehead atoms. The number of hydrogen-bond donors (Lipinski definition) is 3. The third-order valence-electron chi connectivity index (χ3n) is 6.43. The molecule has 4 amide bonds. The van der Waals surface area contributed by atoms with Crippen LogP contribution in [0.2, 0.25) is 0 Å². The maximum absolute atomic E-state index is 13.0. The first-order valence-electron chi connectivity index (χ1n) is 10.8. The molecule has 2 aliphatic heterocycles. The first-order valence-corrected chi connectivity index (χ1v) is 10.8. The number of imide groups is 1. The van der Waals surface area contributed by atoms with Gasteiger partial charge in [0.1, 0.15) is 0 Å². The van der Waals surface area contributed by atoms with Gasteiger partial charge in [0.2, 0.25) is 11.8 Å². The molecule has 9 nitrogen and oxygen atoms in total. The third-order valence-corrected chi connectivity index (χ3v) is 6.43. The van der Waals surface area contributed by atoms with E-state index in [1.165, 1.54) is 18.0 Å². The van der Waals surface area contributed by atoms with Gasteiger partial charge in [-0.25, -0.2) is 9.59 Å². The fourth-order valence-corrected chi connectivity index (χ4v) is 4.85. The van der Waals surface area contributed by atoms with Gasteiger partial charge in [0.25, 0.3) is 0 Å². The van der Waals surface area contributed by atoms with Crippen molar-refractivity contribution in [1.29, 1.82) is 0 Å². The van der Waals surface area contributed by atoms with Crippen molar-refractivity contribution in [2.24, 2.45) is 0 Å². The van der Waals surface area contributed by atoms with Crippen LogP contribution in [-0.2, 0) is 22.6 Å². The number of rotatable bonds is 5. The van der Waals surface area contributed by atoms with Crippen molar-refractivity contribution in [2.45, 2.75) is 18.9 Å². The van der Waals surface area contributed by atoms with Crippen molar-refractivity contribution in [3.05, 3.63) is 77.0 Å². The van der Waals surface area contributed by atoms with Gasteiger partial charge in [-0.15, -0.1) is 0 Å². The molecule has 0 saturated carbocycles. The average molecular weight is 458 g/mol. The smallest absolute Gasteiger partial charge is 0.335 e. The Bertz CT molecular complexity index is 1390. The van der Waals surface area contributed by atoms with Crippen LogP contribution in [0.1, 0.15) is 38.7 Å². The highest BCUT2D eigenvalue weighted by atomic mass is 16.4. The first-order chi connectivity index (χ1) is 16.3. The van der Waals surface area contributed by atoms with Crippen LogP contribution in [0, 0.1) is 0 Å². The second-order valence-corrected chi connectivity index (χ2v) is 8.56. The summed E-state index contributed by atoms with van der Waals surface area (Å²) in [5.41, 5.74) is 4.94. The lowest BCUT2D eigenvalue weighted by molar-refractivity contribution is -0.132. The maximum Gasteiger partial charge on any atom is 0.335 e. The normalized spacial score (nSPS) is 17.0. The topological polar surface area (TPSA) is 123 Å². The lowest BCUT2D eigenvalue weighted by Crippen LogP contribution is -2.55. The van der Waals surface area contributed by atoms with Crippen molar-refractivity contribution >= 4 is 40.4 Å². The predicted molar refractivity (Wildman–Crippen MR) is 125 cm³/mol. The van der Waals surface area contributed by atoms with Crippen LogP contribution in [0.5, 0.6) is 0 Å². The Morgan fingerprint density at radius 2 is 1.97 bits per heavy atom. The second-order valence-electron chi connectivity index (χ2n) is 8.56. The number of carbonyl (C=O) groups excluding carboxylic acids is 3. The maximum atomic E-state index is 13.0. The van der Waals surface area contributed by atoms with Crippen molar-refractivity contribution < 1.29 is 24.3 Å². The van der Waals surface area contributed by atoms with Crippen LogP contribution in [0.4, 0.5) is 10.5 Å². The molecule has 1 unspecified atom stereocenters. The second kappa shape index (κ2) is 7.87. The lowest BCUT2D eigenvalue weighted by atomic mass is 9.86. The van der Waals surface area contributed by atoms with Crippen molar-refractivity contribution in [3.63, 3.8) is 0 Å². The zero-order chi connectivity index (χ0) is 24.1. The number of hydrogen-bond acceptors (Lipinski definition) is 4. The van der Waals surface area contributed by atoms with E-state index in [0.717, 1.165) is 33.3 Å². The molecule has 3 heterocycles. The summed E-state index contributed by atoms with van der Waals surface area (Å²) in [6.45, 7) is 4.18. The van der Waals surface area contributed by atoms with Crippen LogP contribution in [-0.4, -0.2) is 57.3 Å². The number of urea groups is 1. The fourth-order valence-electron chi connectivity index (χ4n) is 4.85. The minimum atomic E-state index is -0.998. The summed E-state index contributed by atoms with van der Waals surface area (Å²) < 4.78 is 0. The molecule has 3 aromatic rings. The largest absolute Gasteiger partial charge is 0.478 e. The van der Waals surface area contributed by atoms with E-state index in [1.807, 2.05) is 6.07 Å². The quantitative estimate of drug-likeness (QED) is 0.507. The Labute approximate surface area is 194 Å². The van der Waals surface area contributed by atoms with E-state index in [4.69, 9.17) is 0 Å². The van der Waals surface area contributed by atoms with Crippen LogP contribution in [0.15, 0.2) is 49.1 Å². The predicted octanol–water partition coefficient (Wildman–Crippen LogP) is 3.07. The molecule has 0 aliphatic carbocycles. The van der Waals surface area contributed by atoms with Gasteiger partial charge in [0, 0.05) is 35.9 Å². The van der Waals surface area contributed by atoms with Gasteiger partial charge in [-0.1, -0.05) is 18.7 Å². The molecular weight excluding hydrogens is 436 g/mol. The number of carboxylic acid groups (broad SMARTS) is 1. The van der Waals surface area contributed by atoms with Crippen molar-refractivity contribution in [2.75, 3.05) is 18.9 Å². The molecule has 1 aromatic heterocycles. The number of nitrogens with one attached hydrogen (secondary N) is 2. The van der Waals surface area contributed by atoms with Gasteiger partial charge in [-0.2, -0.15) is 0 Å². The number of carbonyl (C=O) groups is 4. The molecule has 34 heavy (non-hydrogen) atoms. The molecule has 1 atom stereocenters.